The summed E-state index contributed by atoms with van der Waals surface area (Å²) >= 11 is 0. The summed E-state index contributed by atoms with van der Waals surface area (Å²) in [5.41, 5.74) is 3.74. The van der Waals surface area contributed by atoms with E-state index in [2.05, 4.69) is 18.7 Å². The summed E-state index contributed by atoms with van der Waals surface area (Å²) in [6.07, 6.45) is 0.737. The molecule has 0 aliphatic heterocycles. The molecular weight excluding hydrogens is 248 g/mol. The standard InChI is InChI=1S/C18H18O2/c1-13(2)18(19)20-17-10-9-14(3)11-16(17)12-15-7-5-4-6-8-15/h4-11H,1,12H2,2-3H3. The first-order valence-electron chi connectivity index (χ1n) is 6.57. The van der Waals surface area contributed by atoms with Crippen LogP contribution in [0.25, 0.3) is 0 Å². The van der Waals surface area contributed by atoms with Crippen molar-refractivity contribution >= 4 is 5.97 Å². The van der Waals surface area contributed by atoms with Gasteiger partial charge in [-0.15, -0.1) is 0 Å². The molecule has 0 amide bonds. The number of ether oxygens (including phenoxy) is 1. The van der Waals surface area contributed by atoms with Crippen molar-refractivity contribution in [3.63, 3.8) is 0 Å². The van der Waals surface area contributed by atoms with Crippen LogP contribution in [0, 0.1) is 6.92 Å². The summed E-state index contributed by atoms with van der Waals surface area (Å²) < 4.78 is 5.40. The Kier molecular flexibility index (Phi) is 4.36. The van der Waals surface area contributed by atoms with E-state index in [1.54, 1.807) is 6.92 Å². The zero-order chi connectivity index (χ0) is 14.5. The van der Waals surface area contributed by atoms with Gasteiger partial charge in [0.15, 0.2) is 0 Å². The van der Waals surface area contributed by atoms with Crippen LogP contribution in [-0.2, 0) is 11.2 Å². The number of hydrogen-bond acceptors (Lipinski definition) is 2. The van der Waals surface area contributed by atoms with Crippen LogP contribution < -0.4 is 4.74 Å². The summed E-state index contributed by atoms with van der Waals surface area (Å²) in [6.45, 7) is 7.28. The Labute approximate surface area is 119 Å². The van der Waals surface area contributed by atoms with Crippen LogP contribution in [0.15, 0.2) is 60.7 Å². The maximum Gasteiger partial charge on any atom is 0.338 e. The number of esters is 1. The molecule has 0 bridgehead atoms. The molecule has 0 aliphatic rings. The first-order chi connectivity index (χ1) is 9.56. The molecule has 2 rings (SSSR count). The van der Waals surface area contributed by atoms with E-state index in [1.807, 2.05) is 43.3 Å². The minimum atomic E-state index is -0.386. The van der Waals surface area contributed by atoms with Crippen molar-refractivity contribution in [2.75, 3.05) is 0 Å². The number of carbonyl (C=O) groups is 1. The van der Waals surface area contributed by atoms with Gasteiger partial charge in [0.25, 0.3) is 0 Å². The molecule has 2 aromatic rings. The molecule has 0 spiro atoms. The maximum atomic E-state index is 11.7. The number of aryl methyl sites for hydroxylation is 1. The van der Waals surface area contributed by atoms with E-state index < -0.39 is 0 Å². The Morgan fingerprint density at radius 2 is 1.85 bits per heavy atom. The minimum Gasteiger partial charge on any atom is -0.423 e. The van der Waals surface area contributed by atoms with Crippen molar-refractivity contribution in [1.82, 2.24) is 0 Å². The lowest BCUT2D eigenvalue weighted by Gasteiger charge is -2.11. The molecule has 2 heteroatoms. The quantitative estimate of drug-likeness (QED) is 0.474. The first kappa shape index (κ1) is 14.1. The number of rotatable bonds is 4. The molecule has 0 fully saturated rings. The van der Waals surface area contributed by atoms with Crippen LogP contribution in [0.2, 0.25) is 0 Å². The van der Waals surface area contributed by atoms with Gasteiger partial charge in [-0.2, -0.15) is 0 Å². The van der Waals surface area contributed by atoms with E-state index in [9.17, 15) is 4.79 Å². The van der Waals surface area contributed by atoms with Gasteiger partial charge in [0, 0.05) is 12.0 Å². The largest absolute Gasteiger partial charge is 0.423 e. The molecule has 2 aromatic carbocycles. The van der Waals surface area contributed by atoms with E-state index in [1.165, 1.54) is 5.56 Å². The molecule has 20 heavy (non-hydrogen) atoms. The molecule has 0 unspecified atom stereocenters. The lowest BCUT2D eigenvalue weighted by molar-refractivity contribution is -0.130. The third kappa shape index (κ3) is 3.58. The van der Waals surface area contributed by atoms with Gasteiger partial charge in [-0.3, -0.25) is 0 Å². The molecule has 0 atom stereocenters. The Balaban J connectivity index is 2.28. The second-order valence-corrected chi connectivity index (χ2v) is 4.94. The predicted molar refractivity (Wildman–Crippen MR) is 80.9 cm³/mol. The maximum absolute atomic E-state index is 11.7. The first-order valence-corrected chi connectivity index (χ1v) is 6.57. The monoisotopic (exact) mass is 266 g/mol. The fourth-order valence-electron chi connectivity index (χ4n) is 1.95. The van der Waals surface area contributed by atoms with Gasteiger partial charge < -0.3 is 4.74 Å². The molecule has 102 valence electrons. The highest BCUT2D eigenvalue weighted by Gasteiger charge is 2.10. The van der Waals surface area contributed by atoms with E-state index in [4.69, 9.17) is 4.74 Å². The number of hydrogen-bond donors (Lipinski definition) is 0. The van der Waals surface area contributed by atoms with Crippen molar-refractivity contribution in [2.45, 2.75) is 20.3 Å². The normalized spacial score (nSPS) is 10.1. The molecule has 0 radical (unpaired) electrons. The van der Waals surface area contributed by atoms with Crippen molar-refractivity contribution in [3.8, 4) is 5.75 Å². The second kappa shape index (κ2) is 6.20. The highest BCUT2D eigenvalue weighted by molar-refractivity contribution is 5.89. The van der Waals surface area contributed by atoms with E-state index in [0.29, 0.717) is 11.3 Å². The second-order valence-electron chi connectivity index (χ2n) is 4.94. The predicted octanol–water partition coefficient (Wildman–Crippen LogP) is 4.07. The summed E-state index contributed by atoms with van der Waals surface area (Å²) in [4.78, 5) is 11.7. The fourth-order valence-corrected chi connectivity index (χ4v) is 1.95. The summed E-state index contributed by atoms with van der Waals surface area (Å²) in [6, 6.07) is 16.0. The van der Waals surface area contributed by atoms with Crippen LogP contribution in [0.3, 0.4) is 0 Å². The van der Waals surface area contributed by atoms with Crippen LogP contribution in [0.4, 0.5) is 0 Å². The summed E-state index contributed by atoms with van der Waals surface area (Å²) in [5, 5.41) is 0. The van der Waals surface area contributed by atoms with Crippen LogP contribution in [0.5, 0.6) is 5.75 Å². The third-order valence-electron chi connectivity index (χ3n) is 3.00. The lowest BCUT2D eigenvalue weighted by Crippen LogP contribution is -2.10. The molecule has 2 nitrogen and oxygen atoms in total. The van der Waals surface area contributed by atoms with Crippen molar-refractivity contribution in [1.29, 1.82) is 0 Å². The highest BCUT2D eigenvalue weighted by Crippen LogP contribution is 2.24. The zero-order valence-corrected chi connectivity index (χ0v) is 11.8. The van der Waals surface area contributed by atoms with Crippen LogP contribution in [0.1, 0.15) is 23.6 Å². The zero-order valence-electron chi connectivity index (χ0n) is 11.8. The molecule has 0 saturated heterocycles. The van der Waals surface area contributed by atoms with Crippen molar-refractivity contribution in [2.24, 2.45) is 0 Å². The molecular formula is C18H18O2. The van der Waals surface area contributed by atoms with Gasteiger partial charge in [-0.05, 0) is 31.0 Å². The van der Waals surface area contributed by atoms with Gasteiger partial charge >= 0.3 is 5.97 Å². The van der Waals surface area contributed by atoms with Gasteiger partial charge in [0.05, 0.1) is 0 Å². The average molecular weight is 266 g/mol. The Bertz CT molecular complexity index is 627. The fraction of sp³-hybridized carbons (Fsp3) is 0.167. The molecule has 0 aromatic heterocycles. The van der Waals surface area contributed by atoms with E-state index in [0.717, 1.165) is 17.5 Å². The lowest BCUT2D eigenvalue weighted by atomic mass is 10.0. The van der Waals surface area contributed by atoms with Crippen LogP contribution in [-0.4, -0.2) is 5.97 Å². The average Bonchev–Trinajstić information content (AvgIpc) is 2.42. The number of benzene rings is 2. The summed E-state index contributed by atoms with van der Waals surface area (Å²) in [5.74, 6) is 0.218. The number of carbonyl (C=O) groups excluding carboxylic acids is 1. The van der Waals surface area contributed by atoms with Gasteiger partial charge in [-0.25, -0.2) is 4.79 Å². The third-order valence-corrected chi connectivity index (χ3v) is 3.00. The van der Waals surface area contributed by atoms with Crippen molar-refractivity contribution < 1.29 is 9.53 Å². The Morgan fingerprint density at radius 1 is 1.15 bits per heavy atom. The van der Waals surface area contributed by atoms with Crippen LogP contribution >= 0.6 is 0 Å². The van der Waals surface area contributed by atoms with E-state index in [-0.39, 0.29) is 5.97 Å². The van der Waals surface area contributed by atoms with Gasteiger partial charge in [-0.1, -0.05) is 54.6 Å². The molecule has 0 heterocycles. The Hall–Kier alpha value is -2.35. The molecule has 0 N–H and O–H groups in total. The summed E-state index contributed by atoms with van der Waals surface area (Å²) in [7, 11) is 0. The molecule has 0 saturated carbocycles. The van der Waals surface area contributed by atoms with Crippen molar-refractivity contribution in [3.05, 3.63) is 77.4 Å². The topological polar surface area (TPSA) is 26.3 Å². The van der Waals surface area contributed by atoms with E-state index >= 15 is 0 Å². The smallest absolute Gasteiger partial charge is 0.338 e. The highest BCUT2D eigenvalue weighted by atomic mass is 16.5. The Morgan fingerprint density at radius 3 is 2.50 bits per heavy atom. The van der Waals surface area contributed by atoms with Gasteiger partial charge in [0.1, 0.15) is 5.75 Å². The van der Waals surface area contributed by atoms with Gasteiger partial charge in [0.2, 0.25) is 0 Å². The minimum absolute atomic E-state index is 0.386. The molecule has 0 aliphatic carbocycles. The SMILES string of the molecule is C=C(C)C(=O)Oc1ccc(C)cc1Cc1ccccc1.